The molecule has 0 saturated carbocycles. The molecule has 8 heteroatoms. The van der Waals surface area contributed by atoms with Crippen molar-refractivity contribution in [1.82, 2.24) is 19.5 Å². The molecule has 0 aliphatic carbocycles. The first-order valence-corrected chi connectivity index (χ1v) is 9.94. The van der Waals surface area contributed by atoms with Gasteiger partial charge in [-0.1, -0.05) is 19.1 Å². The summed E-state index contributed by atoms with van der Waals surface area (Å²) in [6.07, 6.45) is 1.15. The average molecular weight is 398 g/mol. The molecule has 144 valence electrons. The number of aromatic nitrogens is 3. The minimum atomic E-state index is -0.300. The summed E-state index contributed by atoms with van der Waals surface area (Å²) in [5, 5.41) is 10.1. The van der Waals surface area contributed by atoms with Crippen LogP contribution in [0, 0.1) is 5.82 Å². The smallest absolute Gasteiger partial charge is 0.291 e. The molecule has 1 aromatic carbocycles. The third-order valence-corrected chi connectivity index (χ3v) is 5.51. The summed E-state index contributed by atoms with van der Waals surface area (Å²) in [6, 6.07) is 10.1. The second-order valence-electron chi connectivity index (χ2n) is 6.51. The van der Waals surface area contributed by atoms with Crippen molar-refractivity contribution in [2.24, 2.45) is 0 Å². The molecule has 6 nitrogen and oxygen atoms in total. The second-order valence-corrected chi connectivity index (χ2v) is 7.40. The molecular weight excluding hydrogens is 379 g/mol. The number of halogens is 1. The van der Waals surface area contributed by atoms with Gasteiger partial charge in [0, 0.05) is 18.4 Å². The Bertz CT molecular complexity index is 1220. The molecule has 0 fully saturated rings. The van der Waals surface area contributed by atoms with Crippen LogP contribution in [0.5, 0.6) is 0 Å². The SMILES string of the molecule is CCc1nn(CC(=O)NCCc2cccc(F)c2)c(=O)c2cc3ccsc3n12. The lowest BCUT2D eigenvalue weighted by atomic mass is 10.1. The molecule has 0 radical (unpaired) electrons. The summed E-state index contributed by atoms with van der Waals surface area (Å²) in [5.41, 5.74) is 1.04. The molecule has 0 unspecified atom stereocenters. The Morgan fingerprint density at radius 3 is 2.93 bits per heavy atom. The van der Waals surface area contributed by atoms with E-state index in [-0.39, 0.29) is 23.8 Å². The van der Waals surface area contributed by atoms with Gasteiger partial charge in [0.15, 0.2) is 0 Å². The number of fused-ring (bicyclic) bond motifs is 3. The fourth-order valence-electron chi connectivity index (χ4n) is 3.27. The van der Waals surface area contributed by atoms with Crippen LogP contribution in [0.3, 0.4) is 0 Å². The molecule has 1 N–H and O–H groups in total. The van der Waals surface area contributed by atoms with E-state index in [9.17, 15) is 14.0 Å². The highest BCUT2D eigenvalue weighted by atomic mass is 32.1. The lowest BCUT2D eigenvalue weighted by Crippen LogP contribution is -2.36. The van der Waals surface area contributed by atoms with Gasteiger partial charge in [0.1, 0.15) is 28.5 Å². The van der Waals surface area contributed by atoms with Crippen molar-refractivity contribution in [2.45, 2.75) is 26.3 Å². The Balaban J connectivity index is 1.51. The molecule has 0 atom stereocenters. The number of hydrogen-bond acceptors (Lipinski definition) is 4. The second kappa shape index (κ2) is 7.55. The van der Waals surface area contributed by atoms with E-state index in [0.29, 0.717) is 24.9 Å². The number of amides is 1. The van der Waals surface area contributed by atoms with Crippen LogP contribution in [0.2, 0.25) is 0 Å². The van der Waals surface area contributed by atoms with Crippen LogP contribution in [0.4, 0.5) is 4.39 Å². The summed E-state index contributed by atoms with van der Waals surface area (Å²) in [7, 11) is 0. The Hall–Kier alpha value is -3.00. The number of benzene rings is 1. The van der Waals surface area contributed by atoms with Gasteiger partial charge >= 0.3 is 0 Å². The van der Waals surface area contributed by atoms with Crippen molar-refractivity contribution in [3.05, 3.63) is 69.3 Å². The zero-order valence-corrected chi connectivity index (χ0v) is 16.1. The number of nitrogens with one attached hydrogen (secondary N) is 1. The first kappa shape index (κ1) is 18.4. The van der Waals surface area contributed by atoms with Crippen molar-refractivity contribution in [1.29, 1.82) is 0 Å². The molecule has 28 heavy (non-hydrogen) atoms. The van der Waals surface area contributed by atoms with Crippen LogP contribution in [0.25, 0.3) is 15.7 Å². The third-order valence-electron chi connectivity index (χ3n) is 4.59. The van der Waals surface area contributed by atoms with Crippen LogP contribution in [0.1, 0.15) is 18.3 Å². The van der Waals surface area contributed by atoms with Crippen molar-refractivity contribution in [3.8, 4) is 0 Å². The minimum absolute atomic E-state index is 0.148. The molecule has 4 rings (SSSR count). The van der Waals surface area contributed by atoms with E-state index in [1.807, 2.05) is 28.8 Å². The predicted octanol–water partition coefficient (Wildman–Crippen LogP) is 2.77. The number of rotatable bonds is 6. The lowest BCUT2D eigenvalue weighted by molar-refractivity contribution is -0.121. The van der Waals surface area contributed by atoms with Gasteiger partial charge < -0.3 is 5.32 Å². The molecule has 0 saturated heterocycles. The number of nitrogens with zero attached hydrogens (tertiary/aromatic N) is 3. The number of hydrogen-bond donors (Lipinski definition) is 1. The Morgan fingerprint density at radius 1 is 1.29 bits per heavy atom. The summed E-state index contributed by atoms with van der Waals surface area (Å²) in [4.78, 5) is 26.1. The van der Waals surface area contributed by atoms with E-state index in [0.717, 1.165) is 21.6 Å². The Morgan fingerprint density at radius 2 is 2.14 bits per heavy atom. The number of aryl methyl sites for hydroxylation is 1. The minimum Gasteiger partial charge on any atom is -0.354 e. The largest absolute Gasteiger partial charge is 0.354 e. The van der Waals surface area contributed by atoms with E-state index in [1.165, 1.54) is 16.8 Å². The van der Waals surface area contributed by atoms with Crippen molar-refractivity contribution in [2.75, 3.05) is 6.54 Å². The van der Waals surface area contributed by atoms with Crippen LogP contribution in [0.15, 0.2) is 46.6 Å². The molecule has 0 bridgehead atoms. The highest BCUT2D eigenvalue weighted by molar-refractivity contribution is 7.16. The first-order valence-electron chi connectivity index (χ1n) is 9.06. The fourth-order valence-corrected chi connectivity index (χ4v) is 4.18. The van der Waals surface area contributed by atoms with Gasteiger partial charge in [-0.05, 0) is 41.6 Å². The standard InChI is InChI=1S/C20H19FN4O2S/c1-2-17-23-24(19(27)16-11-14-7-9-28-20(14)25(16)17)12-18(26)22-8-6-13-4-3-5-15(21)10-13/h3-5,7,9-11H,2,6,8,12H2,1H3,(H,22,26). The Labute approximate surface area is 164 Å². The van der Waals surface area contributed by atoms with E-state index in [1.54, 1.807) is 23.5 Å². The maximum absolute atomic E-state index is 13.2. The zero-order valence-electron chi connectivity index (χ0n) is 15.3. The lowest BCUT2D eigenvalue weighted by Gasteiger charge is -2.10. The quantitative estimate of drug-likeness (QED) is 0.543. The monoisotopic (exact) mass is 398 g/mol. The van der Waals surface area contributed by atoms with Crippen molar-refractivity contribution in [3.63, 3.8) is 0 Å². The van der Waals surface area contributed by atoms with Gasteiger partial charge in [-0.25, -0.2) is 9.07 Å². The molecular formula is C20H19FN4O2S. The topological polar surface area (TPSA) is 68.4 Å². The van der Waals surface area contributed by atoms with Crippen LogP contribution in [-0.2, 0) is 24.2 Å². The van der Waals surface area contributed by atoms with Gasteiger partial charge in [0.25, 0.3) is 5.56 Å². The van der Waals surface area contributed by atoms with Gasteiger partial charge in [-0.15, -0.1) is 11.3 Å². The highest BCUT2D eigenvalue weighted by Crippen LogP contribution is 2.24. The Kier molecular flexibility index (Phi) is 4.95. The van der Waals surface area contributed by atoms with Gasteiger partial charge in [-0.2, -0.15) is 5.10 Å². The number of thiophene rings is 1. The van der Waals surface area contributed by atoms with Crippen molar-refractivity contribution < 1.29 is 9.18 Å². The van der Waals surface area contributed by atoms with E-state index in [4.69, 9.17) is 0 Å². The fraction of sp³-hybridized carbons (Fsp3) is 0.250. The summed E-state index contributed by atoms with van der Waals surface area (Å²) < 4.78 is 16.3. The molecule has 4 aromatic rings. The number of carbonyl (C=O) groups is 1. The maximum atomic E-state index is 13.2. The zero-order chi connectivity index (χ0) is 19.7. The molecule has 0 aliphatic heterocycles. The van der Waals surface area contributed by atoms with Crippen LogP contribution in [-0.4, -0.2) is 26.6 Å². The summed E-state index contributed by atoms with van der Waals surface area (Å²) in [6.45, 7) is 2.18. The normalized spacial score (nSPS) is 11.4. The number of carbonyl (C=O) groups excluding carboxylic acids is 1. The highest BCUT2D eigenvalue weighted by Gasteiger charge is 2.15. The first-order chi connectivity index (χ1) is 13.6. The van der Waals surface area contributed by atoms with Gasteiger partial charge in [-0.3, -0.25) is 14.0 Å². The average Bonchev–Trinajstić information content (AvgIpc) is 3.26. The molecule has 3 aromatic heterocycles. The molecule has 3 heterocycles. The summed E-state index contributed by atoms with van der Waals surface area (Å²) >= 11 is 1.56. The predicted molar refractivity (Wildman–Crippen MR) is 107 cm³/mol. The molecule has 0 aliphatic rings. The van der Waals surface area contributed by atoms with Crippen molar-refractivity contribution >= 4 is 33.0 Å². The van der Waals surface area contributed by atoms with Crippen LogP contribution < -0.4 is 10.9 Å². The van der Waals surface area contributed by atoms with Gasteiger partial charge in [0.05, 0.1) is 0 Å². The van der Waals surface area contributed by atoms with Gasteiger partial charge in [0.2, 0.25) is 5.91 Å². The molecule has 1 amide bonds. The molecule has 0 spiro atoms. The maximum Gasteiger partial charge on any atom is 0.291 e. The summed E-state index contributed by atoms with van der Waals surface area (Å²) in [5.74, 6) is 0.137. The van der Waals surface area contributed by atoms with E-state index >= 15 is 0 Å². The third kappa shape index (κ3) is 3.43. The van der Waals surface area contributed by atoms with Crippen LogP contribution >= 0.6 is 11.3 Å². The van der Waals surface area contributed by atoms with E-state index < -0.39 is 0 Å². The van der Waals surface area contributed by atoms with E-state index in [2.05, 4.69) is 10.4 Å².